The van der Waals surface area contributed by atoms with Crippen LogP contribution in [-0.4, -0.2) is 18.2 Å². The summed E-state index contributed by atoms with van der Waals surface area (Å²) in [5, 5.41) is 5.71. The van der Waals surface area contributed by atoms with Gasteiger partial charge in [0.15, 0.2) is 0 Å². The highest BCUT2D eigenvalue weighted by Gasteiger charge is 2.10. The fraction of sp³-hybridized carbons (Fsp3) is 0.400. The molecule has 1 atom stereocenters. The number of hydrogen-bond acceptors (Lipinski definition) is 3. The van der Waals surface area contributed by atoms with Crippen molar-refractivity contribution in [2.45, 2.75) is 26.3 Å². The van der Waals surface area contributed by atoms with Crippen molar-refractivity contribution in [3.05, 3.63) is 23.5 Å². The number of allylic oxidation sites excluding steroid dienone is 2. The van der Waals surface area contributed by atoms with Gasteiger partial charge in [0.25, 0.3) is 0 Å². The summed E-state index contributed by atoms with van der Waals surface area (Å²) in [6.45, 7) is 3.69. The van der Waals surface area contributed by atoms with Gasteiger partial charge in [0, 0.05) is 18.0 Å². The molecule has 0 aromatic rings. The third-order valence-electron chi connectivity index (χ3n) is 1.87. The Hall–Kier alpha value is -1.58. The average molecular weight is 194 g/mol. The Bertz CT molecular complexity index is 305. The van der Waals surface area contributed by atoms with Gasteiger partial charge in [0.1, 0.15) is 12.1 Å². The van der Waals surface area contributed by atoms with Gasteiger partial charge in [-0.15, -0.1) is 0 Å². The fourth-order valence-corrected chi connectivity index (χ4v) is 1.22. The summed E-state index contributed by atoms with van der Waals surface area (Å²) in [4.78, 5) is 21.6. The number of carbonyl (C=O) groups excluding carboxylic acids is 2. The topological polar surface area (TPSA) is 58.2 Å². The van der Waals surface area contributed by atoms with Crippen molar-refractivity contribution in [2.75, 3.05) is 0 Å². The van der Waals surface area contributed by atoms with Crippen molar-refractivity contribution in [1.29, 1.82) is 0 Å². The second-order valence-corrected chi connectivity index (χ2v) is 3.18. The molecule has 76 valence electrons. The van der Waals surface area contributed by atoms with Crippen molar-refractivity contribution in [1.82, 2.24) is 10.6 Å². The molecule has 0 aliphatic carbocycles. The van der Waals surface area contributed by atoms with Gasteiger partial charge in [-0.25, -0.2) is 0 Å². The van der Waals surface area contributed by atoms with Gasteiger partial charge in [-0.05, 0) is 13.0 Å². The van der Waals surface area contributed by atoms with E-state index in [1.807, 2.05) is 6.92 Å². The van der Waals surface area contributed by atoms with E-state index in [1.54, 1.807) is 19.1 Å². The number of amides is 1. The van der Waals surface area contributed by atoms with Crippen LogP contribution in [0.5, 0.6) is 0 Å². The molecule has 1 aliphatic heterocycles. The smallest absolute Gasteiger partial charge is 0.225 e. The minimum Gasteiger partial charge on any atom is -0.366 e. The Morgan fingerprint density at radius 2 is 2.43 bits per heavy atom. The van der Waals surface area contributed by atoms with Gasteiger partial charge in [0.05, 0.1) is 0 Å². The van der Waals surface area contributed by atoms with Gasteiger partial charge in [0.2, 0.25) is 5.91 Å². The van der Waals surface area contributed by atoms with Crippen LogP contribution in [0.1, 0.15) is 20.3 Å². The van der Waals surface area contributed by atoms with Crippen molar-refractivity contribution in [2.24, 2.45) is 0 Å². The molecule has 1 rings (SSSR count). The van der Waals surface area contributed by atoms with E-state index in [4.69, 9.17) is 0 Å². The number of nitrogens with one attached hydrogen (secondary N) is 2. The summed E-state index contributed by atoms with van der Waals surface area (Å²) in [6, 6.07) is 0.0624. The molecule has 0 saturated carbocycles. The Morgan fingerprint density at radius 3 is 3.00 bits per heavy atom. The zero-order chi connectivity index (χ0) is 10.6. The molecule has 0 saturated heterocycles. The van der Waals surface area contributed by atoms with Crippen molar-refractivity contribution in [3.8, 4) is 0 Å². The SMILES string of the molecule is CCC(=O)NC1=CC(C=O)=CC(C)N1. The van der Waals surface area contributed by atoms with Crippen LogP contribution in [0.4, 0.5) is 0 Å². The lowest BCUT2D eigenvalue weighted by molar-refractivity contribution is -0.120. The molecule has 0 aromatic heterocycles. The van der Waals surface area contributed by atoms with Gasteiger partial charge in [-0.1, -0.05) is 13.0 Å². The monoisotopic (exact) mass is 194 g/mol. The summed E-state index contributed by atoms with van der Waals surface area (Å²) < 4.78 is 0. The van der Waals surface area contributed by atoms with E-state index in [0.717, 1.165) is 6.29 Å². The molecule has 0 bridgehead atoms. The molecule has 1 heterocycles. The van der Waals surface area contributed by atoms with E-state index in [1.165, 1.54) is 0 Å². The number of rotatable bonds is 3. The van der Waals surface area contributed by atoms with Crippen LogP contribution in [-0.2, 0) is 9.59 Å². The Morgan fingerprint density at radius 1 is 1.71 bits per heavy atom. The third kappa shape index (κ3) is 2.73. The maximum Gasteiger partial charge on any atom is 0.225 e. The van der Waals surface area contributed by atoms with Crippen LogP contribution >= 0.6 is 0 Å². The highest BCUT2D eigenvalue weighted by atomic mass is 16.1. The minimum atomic E-state index is -0.0666. The van der Waals surface area contributed by atoms with Gasteiger partial charge >= 0.3 is 0 Å². The van der Waals surface area contributed by atoms with E-state index < -0.39 is 0 Å². The maximum absolute atomic E-state index is 11.1. The molecule has 0 spiro atoms. The largest absolute Gasteiger partial charge is 0.366 e. The van der Waals surface area contributed by atoms with Crippen LogP contribution in [0.2, 0.25) is 0 Å². The highest BCUT2D eigenvalue weighted by molar-refractivity contribution is 5.81. The molecule has 0 radical (unpaired) electrons. The molecule has 4 heteroatoms. The summed E-state index contributed by atoms with van der Waals surface area (Å²) in [5.74, 6) is 0.525. The molecule has 0 fully saturated rings. The maximum atomic E-state index is 11.1. The van der Waals surface area contributed by atoms with E-state index in [-0.39, 0.29) is 11.9 Å². The van der Waals surface area contributed by atoms with Crippen LogP contribution in [0, 0.1) is 0 Å². The summed E-state index contributed by atoms with van der Waals surface area (Å²) in [5.41, 5.74) is 0.586. The third-order valence-corrected chi connectivity index (χ3v) is 1.87. The lowest BCUT2D eigenvalue weighted by Gasteiger charge is -2.20. The van der Waals surface area contributed by atoms with Crippen LogP contribution < -0.4 is 10.6 Å². The van der Waals surface area contributed by atoms with Gasteiger partial charge in [-0.3, -0.25) is 9.59 Å². The molecule has 2 N–H and O–H groups in total. The first-order chi connectivity index (χ1) is 6.65. The fourth-order valence-electron chi connectivity index (χ4n) is 1.22. The zero-order valence-electron chi connectivity index (χ0n) is 8.33. The first kappa shape index (κ1) is 10.5. The Kier molecular flexibility index (Phi) is 3.45. The predicted molar refractivity (Wildman–Crippen MR) is 53.3 cm³/mol. The molecular weight excluding hydrogens is 180 g/mol. The number of hydrogen-bond donors (Lipinski definition) is 2. The van der Waals surface area contributed by atoms with E-state index >= 15 is 0 Å². The Balaban J connectivity index is 2.70. The molecule has 4 nitrogen and oxygen atoms in total. The second-order valence-electron chi connectivity index (χ2n) is 3.18. The summed E-state index contributed by atoms with van der Waals surface area (Å²) in [7, 11) is 0. The number of aldehydes is 1. The van der Waals surface area contributed by atoms with Crippen molar-refractivity contribution in [3.63, 3.8) is 0 Å². The lowest BCUT2D eigenvalue weighted by Crippen LogP contribution is -2.37. The zero-order valence-corrected chi connectivity index (χ0v) is 8.33. The van der Waals surface area contributed by atoms with Crippen molar-refractivity contribution >= 4 is 12.2 Å². The molecule has 1 amide bonds. The predicted octanol–water partition coefficient (Wildman–Crippen LogP) is 0.471. The van der Waals surface area contributed by atoms with Crippen LogP contribution in [0.25, 0.3) is 0 Å². The molecule has 1 unspecified atom stereocenters. The number of carbonyl (C=O) groups is 2. The first-order valence-corrected chi connectivity index (χ1v) is 4.60. The molecule has 1 aliphatic rings. The van der Waals surface area contributed by atoms with E-state index in [2.05, 4.69) is 10.6 Å². The van der Waals surface area contributed by atoms with E-state index in [0.29, 0.717) is 17.8 Å². The quantitative estimate of drug-likeness (QED) is 0.642. The van der Waals surface area contributed by atoms with Crippen LogP contribution in [0.3, 0.4) is 0 Å². The van der Waals surface area contributed by atoms with Gasteiger partial charge < -0.3 is 10.6 Å². The second kappa shape index (κ2) is 4.60. The highest BCUT2D eigenvalue weighted by Crippen LogP contribution is 2.06. The van der Waals surface area contributed by atoms with Gasteiger partial charge in [-0.2, -0.15) is 0 Å². The average Bonchev–Trinajstić information content (AvgIpc) is 2.16. The number of dihydropyridines is 1. The lowest BCUT2D eigenvalue weighted by atomic mass is 10.1. The minimum absolute atomic E-state index is 0.0624. The van der Waals surface area contributed by atoms with Crippen molar-refractivity contribution < 1.29 is 9.59 Å². The summed E-state index contributed by atoms with van der Waals surface area (Å²) in [6.07, 6.45) is 4.62. The molecule has 14 heavy (non-hydrogen) atoms. The normalized spacial score (nSPS) is 20.3. The summed E-state index contributed by atoms with van der Waals surface area (Å²) >= 11 is 0. The van der Waals surface area contributed by atoms with E-state index in [9.17, 15) is 9.59 Å². The Labute approximate surface area is 83.1 Å². The van der Waals surface area contributed by atoms with Crippen LogP contribution in [0.15, 0.2) is 23.5 Å². The first-order valence-electron chi connectivity index (χ1n) is 4.60. The standard InChI is InChI=1S/C10H14N2O2/c1-3-10(14)12-9-5-8(6-13)4-7(2)11-9/h4-7,11H,3H2,1-2H3,(H,12,14). The molecular formula is C10H14N2O2. The molecule has 0 aromatic carbocycles.